The molecule has 0 bridgehead atoms. The van der Waals surface area contributed by atoms with E-state index in [-0.39, 0.29) is 7.92 Å². The number of hydrogen-bond donors (Lipinski definition) is 0. The van der Waals surface area contributed by atoms with Crippen molar-refractivity contribution in [2.45, 2.75) is 37.5 Å². The summed E-state index contributed by atoms with van der Waals surface area (Å²) in [6.07, 6.45) is 4.55. The Hall–Kier alpha value is 0.860. The first-order valence-corrected chi connectivity index (χ1v) is 9.98. The van der Waals surface area contributed by atoms with Crippen molar-refractivity contribution in [3.63, 3.8) is 0 Å². The summed E-state index contributed by atoms with van der Waals surface area (Å²) in [5, 5.41) is 0. The average Bonchev–Trinajstić information content (AvgIpc) is 2.50. The molecule has 1 saturated carbocycles. The predicted octanol–water partition coefficient (Wildman–Crippen LogP) is 4.03. The second-order valence-corrected chi connectivity index (χ2v) is 10.2. The zero-order chi connectivity index (χ0) is 10.0. The molecule has 13 heavy (non-hydrogen) atoms. The third-order valence-electron chi connectivity index (χ3n) is 3.63. The van der Waals surface area contributed by atoms with Gasteiger partial charge in [0.15, 0.2) is 0 Å². The van der Waals surface area contributed by atoms with Crippen LogP contribution >= 0.6 is 15.8 Å². The van der Waals surface area contributed by atoms with Gasteiger partial charge in [-0.3, -0.25) is 0 Å². The van der Waals surface area contributed by atoms with Gasteiger partial charge < -0.3 is 0 Å². The zero-order valence-electron chi connectivity index (χ0n) is 9.75. The standard InChI is InChI=1S/C11H24P2/c1-9(12(2)3)10-7-6-8-11(10)13(4)5/h9-11H,6-8H2,1-5H3. The molecule has 0 aromatic rings. The van der Waals surface area contributed by atoms with E-state index in [0.717, 1.165) is 17.2 Å². The maximum Gasteiger partial charge on any atom is -0.0180 e. The molecule has 1 aliphatic carbocycles. The highest BCUT2D eigenvalue weighted by Crippen LogP contribution is 2.52. The summed E-state index contributed by atoms with van der Waals surface area (Å²) < 4.78 is 0. The predicted molar refractivity (Wildman–Crippen MR) is 68.1 cm³/mol. The van der Waals surface area contributed by atoms with Gasteiger partial charge >= 0.3 is 0 Å². The topological polar surface area (TPSA) is 0 Å². The van der Waals surface area contributed by atoms with Crippen LogP contribution in [0.3, 0.4) is 0 Å². The van der Waals surface area contributed by atoms with Gasteiger partial charge in [0.2, 0.25) is 0 Å². The van der Waals surface area contributed by atoms with Gasteiger partial charge in [-0.2, -0.15) is 0 Å². The molecule has 3 unspecified atom stereocenters. The van der Waals surface area contributed by atoms with Crippen LogP contribution in [0, 0.1) is 5.92 Å². The van der Waals surface area contributed by atoms with Crippen LogP contribution in [0.4, 0.5) is 0 Å². The summed E-state index contributed by atoms with van der Waals surface area (Å²) in [5.74, 6) is 1.07. The molecule has 0 aromatic carbocycles. The van der Waals surface area contributed by atoms with Crippen LogP contribution in [0.2, 0.25) is 0 Å². The molecule has 3 atom stereocenters. The summed E-state index contributed by atoms with van der Waals surface area (Å²) in [6, 6.07) is 0. The molecule has 1 aliphatic rings. The van der Waals surface area contributed by atoms with E-state index in [9.17, 15) is 0 Å². The van der Waals surface area contributed by atoms with E-state index in [1.165, 1.54) is 19.3 Å². The highest BCUT2D eigenvalue weighted by molar-refractivity contribution is 7.57. The average molecular weight is 218 g/mol. The third kappa shape index (κ3) is 2.90. The maximum absolute atomic E-state index is 2.49. The summed E-state index contributed by atoms with van der Waals surface area (Å²) in [7, 11) is 0.599. The van der Waals surface area contributed by atoms with Crippen LogP contribution in [-0.4, -0.2) is 38.0 Å². The fraction of sp³-hybridized carbons (Fsp3) is 1.00. The van der Waals surface area contributed by atoms with Crippen molar-refractivity contribution in [1.29, 1.82) is 0 Å². The molecule has 0 radical (unpaired) electrons. The molecular weight excluding hydrogens is 194 g/mol. The molecule has 0 amide bonds. The monoisotopic (exact) mass is 218 g/mol. The molecule has 0 heterocycles. The number of hydrogen-bond acceptors (Lipinski definition) is 0. The molecule has 0 N–H and O–H groups in total. The van der Waals surface area contributed by atoms with Crippen LogP contribution in [0.15, 0.2) is 0 Å². The van der Waals surface area contributed by atoms with E-state index in [1.807, 2.05) is 0 Å². The lowest BCUT2D eigenvalue weighted by Crippen LogP contribution is -2.22. The van der Waals surface area contributed by atoms with E-state index in [1.54, 1.807) is 0 Å². The molecule has 1 rings (SSSR count). The van der Waals surface area contributed by atoms with Crippen LogP contribution < -0.4 is 0 Å². The summed E-state index contributed by atoms with van der Waals surface area (Å²) >= 11 is 0. The Kier molecular flexibility index (Phi) is 4.67. The van der Waals surface area contributed by atoms with Crippen LogP contribution in [0.1, 0.15) is 26.2 Å². The van der Waals surface area contributed by atoms with E-state index in [2.05, 4.69) is 33.6 Å². The minimum absolute atomic E-state index is 0.286. The molecule has 0 aliphatic heterocycles. The lowest BCUT2D eigenvalue weighted by molar-refractivity contribution is 0.546. The Labute approximate surface area is 86.4 Å². The zero-order valence-corrected chi connectivity index (χ0v) is 11.5. The maximum atomic E-state index is 2.49. The summed E-state index contributed by atoms with van der Waals surface area (Å²) in [6.45, 7) is 12.3. The highest BCUT2D eigenvalue weighted by Gasteiger charge is 2.33. The van der Waals surface area contributed by atoms with E-state index in [4.69, 9.17) is 0 Å². The van der Waals surface area contributed by atoms with Crippen molar-refractivity contribution in [3.8, 4) is 0 Å². The Bertz CT molecular complexity index is 154. The molecule has 0 aromatic heterocycles. The van der Waals surface area contributed by atoms with Crippen molar-refractivity contribution in [3.05, 3.63) is 0 Å². The molecule has 2 heteroatoms. The second kappa shape index (κ2) is 5.09. The van der Waals surface area contributed by atoms with Crippen molar-refractivity contribution in [1.82, 2.24) is 0 Å². The van der Waals surface area contributed by atoms with Crippen LogP contribution in [0.25, 0.3) is 0 Å². The van der Waals surface area contributed by atoms with E-state index >= 15 is 0 Å². The van der Waals surface area contributed by atoms with Crippen molar-refractivity contribution >= 4 is 15.8 Å². The fourth-order valence-corrected chi connectivity index (χ4v) is 5.69. The van der Waals surface area contributed by atoms with Gasteiger partial charge in [0.1, 0.15) is 0 Å². The van der Waals surface area contributed by atoms with Gasteiger partial charge in [0, 0.05) is 0 Å². The van der Waals surface area contributed by atoms with Gasteiger partial charge in [0.25, 0.3) is 0 Å². The Morgan fingerprint density at radius 2 is 1.69 bits per heavy atom. The Morgan fingerprint density at radius 1 is 1.08 bits per heavy atom. The highest BCUT2D eigenvalue weighted by atomic mass is 31.1. The largest absolute Gasteiger partial charge is 0.110 e. The van der Waals surface area contributed by atoms with Crippen molar-refractivity contribution in [2.75, 3.05) is 26.7 Å². The minimum atomic E-state index is 0.286. The SMILES string of the molecule is CC(C1CCCC1P(C)C)P(C)C. The van der Waals surface area contributed by atoms with Gasteiger partial charge in [0.05, 0.1) is 0 Å². The normalized spacial score (nSPS) is 31.6. The minimum Gasteiger partial charge on any atom is -0.110 e. The first kappa shape index (κ1) is 11.9. The Morgan fingerprint density at radius 3 is 2.15 bits per heavy atom. The van der Waals surface area contributed by atoms with Gasteiger partial charge in [-0.1, -0.05) is 13.3 Å². The smallest absolute Gasteiger partial charge is 0.0180 e. The first-order valence-electron chi connectivity index (χ1n) is 5.37. The van der Waals surface area contributed by atoms with E-state index < -0.39 is 0 Å². The quantitative estimate of drug-likeness (QED) is 0.627. The molecule has 0 saturated heterocycles. The Balaban J connectivity index is 2.57. The molecule has 1 fully saturated rings. The lowest BCUT2D eigenvalue weighted by Gasteiger charge is -2.31. The number of rotatable bonds is 3. The molecule has 78 valence electrons. The summed E-state index contributed by atoms with van der Waals surface area (Å²) in [5.41, 5.74) is 2.10. The summed E-state index contributed by atoms with van der Waals surface area (Å²) in [4.78, 5) is 0. The van der Waals surface area contributed by atoms with Crippen molar-refractivity contribution < 1.29 is 0 Å². The van der Waals surface area contributed by atoms with Gasteiger partial charge in [-0.05, 0) is 56.7 Å². The van der Waals surface area contributed by atoms with Crippen LogP contribution in [-0.2, 0) is 0 Å². The molecule has 0 nitrogen and oxygen atoms in total. The van der Waals surface area contributed by atoms with Gasteiger partial charge in [-0.15, -0.1) is 15.8 Å². The fourth-order valence-electron chi connectivity index (χ4n) is 2.56. The lowest BCUT2D eigenvalue weighted by atomic mass is 10.0. The third-order valence-corrected chi connectivity index (χ3v) is 7.61. The molecular formula is C11H24P2. The van der Waals surface area contributed by atoms with Crippen LogP contribution in [0.5, 0.6) is 0 Å². The van der Waals surface area contributed by atoms with Crippen molar-refractivity contribution in [2.24, 2.45) is 5.92 Å². The molecule has 0 spiro atoms. The first-order chi connectivity index (χ1) is 6.04. The van der Waals surface area contributed by atoms with Gasteiger partial charge in [-0.25, -0.2) is 0 Å². The van der Waals surface area contributed by atoms with E-state index in [0.29, 0.717) is 7.92 Å². The second-order valence-electron chi connectivity index (χ2n) is 4.83.